The van der Waals surface area contributed by atoms with Gasteiger partial charge < -0.3 is 14.8 Å². The lowest BCUT2D eigenvalue weighted by atomic mass is 10.1. The third kappa shape index (κ3) is 3.77. The van der Waals surface area contributed by atoms with Crippen molar-refractivity contribution < 1.29 is 19.2 Å². The average Bonchev–Trinajstić information content (AvgIpc) is 2.85. The summed E-state index contributed by atoms with van der Waals surface area (Å²) in [6, 6.07) is 4.41. The number of nitrogens with zero attached hydrogens (tertiary/aromatic N) is 1. The zero-order valence-electron chi connectivity index (χ0n) is 12.0. The standard InChI is InChI=1S/C14H18N2O5/c1-10(17)11-3-4-12(13(9-11)16(18)19)15-6-5-14(2)20-7-8-21-14/h3-4,9,15H,5-8H2,1-2H3. The number of carbonyl (C=O) groups excluding carboxylic acids is 1. The first kappa shape index (κ1) is 15.4. The van der Waals surface area contributed by atoms with Crippen molar-refractivity contribution in [1.82, 2.24) is 0 Å². The van der Waals surface area contributed by atoms with Gasteiger partial charge in [0, 0.05) is 24.6 Å². The van der Waals surface area contributed by atoms with E-state index in [-0.39, 0.29) is 11.5 Å². The first-order chi connectivity index (χ1) is 9.91. The SMILES string of the molecule is CC(=O)c1ccc(NCCC2(C)OCCO2)c([N+](=O)[O-])c1. The highest BCUT2D eigenvalue weighted by Gasteiger charge is 2.30. The van der Waals surface area contributed by atoms with Crippen molar-refractivity contribution in [2.24, 2.45) is 0 Å². The van der Waals surface area contributed by atoms with Gasteiger partial charge in [0.05, 0.1) is 18.1 Å². The molecule has 0 aliphatic carbocycles. The Bertz CT molecular complexity index is 552. The molecule has 1 aromatic carbocycles. The molecule has 2 rings (SSSR count). The number of ketones is 1. The van der Waals surface area contributed by atoms with Crippen molar-refractivity contribution in [3.05, 3.63) is 33.9 Å². The van der Waals surface area contributed by atoms with Crippen LogP contribution in [0, 0.1) is 10.1 Å². The van der Waals surface area contributed by atoms with Crippen LogP contribution in [0.2, 0.25) is 0 Å². The highest BCUT2D eigenvalue weighted by atomic mass is 16.7. The molecule has 0 atom stereocenters. The van der Waals surface area contributed by atoms with Gasteiger partial charge in [-0.15, -0.1) is 0 Å². The molecule has 1 aliphatic rings. The number of nitro groups is 1. The molecule has 1 aliphatic heterocycles. The van der Waals surface area contributed by atoms with Crippen LogP contribution in [-0.2, 0) is 9.47 Å². The monoisotopic (exact) mass is 294 g/mol. The predicted molar refractivity (Wildman–Crippen MR) is 76.5 cm³/mol. The molecule has 0 amide bonds. The van der Waals surface area contributed by atoms with Gasteiger partial charge >= 0.3 is 0 Å². The molecule has 1 heterocycles. The Morgan fingerprint density at radius 3 is 2.67 bits per heavy atom. The van der Waals surface area contributed by atoms with Crippen molar-refractivity contribution in [3.8, 4) is 0 Å². The molecule has 0 bridgehead atoms. The van der Waals surface area contributed by atoms with Crippen molar-refractivity contribution >= 4 is 17.2 Å². The summed E-state index contributed by atoms with van der Waals surface area (Å²) >= 11 is 0. The molecule has 7 heteroatoms. The van der Waals surface area contributed by atoms with E-state index in [4.69, 9.17) is 9.47 Å². The summed E-state index contributed by atoms with van der Waals surface area (Å²) in [6.07, 6.45) is 0.568. The first-order valence-corrected chi connectivity index (χ1v) is 6.72. The molecule has 0 aromatic heterocycles. The fourth-order valence-corrected chi connectivity index (χ4v) is 2.18. The summed E-state index contributed by atoms with van der Waals surface area (Å²) in [5, 5.41) is 14.1. The number of anilines is 1. The van der Waals surface area contributed by atoms with Gasteiger partial charge in [0.15, 0.2) is 11.6 Å². The van der Waals surface area contributed by atoms with Gasteiger partial charge in [-0.05, 0) is 26.0 Å². The van der Waals surface area contributed by atoms with Crippen molar-refractivity contribution in [2.45, 2.75) is 26.1 Å². The van der Waals surface area contributed by atoms with E-state index in [1.165, 1.54) is 13.0 Å². The molecule has 0 spiro atoms. The maximum atomic E-state index is 11.3. The molecule has 1 saturated heterocycles. The number of nitro benzene ring substituents is 1. The van der Waals surface area contributed by atoms with Crippen LogP contribution in [0.25, 0.3) is 0 Å². The van der Waals surface area contributed by atoms with Crippen LogP contribution in [-0.4, -0.2) is 36.3 Å². The molecule has 21 heavy (non-hydrogen) atoms. The molecule has 0 saturated carbocycles. The molecule has 0 unspecified atom stereocenters. The summed E-state index contributed by atoms with van der Waals surface area (Å²) in [4.78, 5) is 21.9. The summed E-state index contributed by atoms with van der Waals surface area (Å²) in [5.41, 5.74) is 0.592. The molecular weight excluding hydrogens is 276 g/mol. The number of ether oxygens (including phenoxy) is 2. The van der Waals surface area contributed by atoms with Crippen molar-refractivity contribution in [2.75, 3.05) is 25.1 Å². The molecule has 0 radical (unpaired) electrons. The van der Waals surface area contributed by atoms with Crippen molar-refractivity contribution in [3.63, 3.8) is 0 Å². The maximum Gasteiger partial charge on any atom is 0.293 e. The lowest BCUT2D eigenvalue weighted by Gasteiger charge is -2.22. The van der Waals surface area contributed by atoms with E-state index in [1.807, 2.05) is 6.92 Å². The summed E-state index contributed by atoms with van der Waals surface area (Å²) in [5.74, 6) is -0.842. The minimum absolute atomic E-state index is 0.110. The van der Waals surface area contributed by atoms with E-state index in [0.29, 0.717) is 37.4 Å². The third-order valence-corrected chi connectivity index (χ3v) is 3.39. The van der Waals surface area contributed by atoms with Crippen LogP contribution in [0.4, 0.5) is 11.4 Å². The smallest absolute Gasteiger partial charge is 0.293 e. The number of hydrogen-bond acceptors (Lipinski definition) is 6. The Kier molecular flexibility index (Phi) is 4.54. The molecule has 7 nitrogen and oxygen atoms in total. The fourth-order valence-electron chi connectivity index (χ4n) is 2.18. The second-order valence-electron chi connectivity index (χ2n) is 5.05. The molecule has 1 N–H and O–H groups in total. The summed E-state index contributed by atoms with van der Waals surface area (Å²) in [6.45, 7) is 4.81. The second kappa shape index (κ2) is 6.19. The second-order valence-corrected chi connectivity index (χ2v) is 5.05. The van der Waals surface area contributed by atoms with Crippen LogP contribution in [0.3, 0.4) is 0 Å². The van der Waals surface area contributed by atoms with Gasteiger partial charge in [0.2, 0.25) is 0 Å². The highest BCUT2D eigenvalue weighted by molar-refractivity contribution is 5.95. The Labute approximate surface area is 122 Å². The average molecular weight is 294 g/mol. The predicted octanol–water partition coefficient (Wildman–Crippen LogP) is 2.36. The topological polar surface area (TPSA) is 90.7 Å². The van der Waals surface area contributed by atoms with Gasteiger partial charge in [-0.3, -0.25) is 14.9 Å². The number of benzene rings is 1. The number of rotatable bonds is 6. The van der Waals surface area contributed by atoms with E-state index in [0.717, 1.165) is 0 Å². The van der Waals surface area contributed by atoms with E-state index < -0.39 is 10.7 Å². The van der Waals surface area contributed by atoms with Gasteiger partial charge in [0.25, 0.3) is 5.69 Å². The van der Waals surface area contributed by atoms with E-state index in [2.05, 4.69) is 5.32 Å². The van der Waals surface area contributed by atoms with Crippen LogP contribution < -0.4 is 5.32 Å². The quantitative estimate of drug-likeness (QED) is 0.492. The largest absolute Gasteiger partial charge is 0.379 e. The summed E-state index contributed by atoms with van der Waals surface area (Å²) in [7, 11) is 0. The van der Waals surface area contributed by atoms with E-state index in [9.17, 15) is 14.9 Å². The molecule has 1 fully saturated rings. The minimum Gasteiger partial charge on any atom is -0.379 e. The normalized spacial score (nSPS) is 16.7. The zero-order chi connectivity index (χ0) is 15.5. The molecule has 1 aromatic rings. The van der Waals surface area contributed by atoms with E-state index in [1.54, 1.807) is 12.1 Å². The Morgan fingerprint density at radius 2 is 2.10 bits per heavy atom. The molecular formula is C14H18N2O5. The lowest BCUT2D eigenvalue weighted by molar-refractivity contribution is -0.384. The number of Topliss-reactive ketones (excluding diaryl/α,β-unsaturated/α-hetero) is 1. The number of hydrogen-bond donors (Lipinski definition) is 1. The molecule has 114 valence electrons. The summed E-state index contributed by atoms with van der Waals surface area (Å²) < 4.78 is 10.9. The van der Waals surface area contributed by atoms with Gasteiger partial charge in [-0.25, -0.2) is 0 Å². The number of carbonyl (C=O) groups is 1. The van der Waals surface area contributed by atoms with Gasteiger partial charge in [-0.1, -0.05) is 0 Å². The van der Waals surface area contributed by atoms with Crippen LogP contribution in [0.1, 0.15) is 30.6 Å². The Morgan fingerprint density at radius 1 is 1.43 bits per heavy atom. The van der Waals surface area contributed by atoms with E-state index >= 15 is 0 Å². The Balaban J connectivity index is 2.05. The fraction of sp³-hybridized carbons (Fsp3) is 0.500. The maximum absolute atomic E-state index is 11.3. The third-order valence-electron chi connectivity index (χ3n) is 3.39. The van der Waals surface area contributed by atoms with Crippen LogP contribution >= 0.6 is 0 Å². The first-order valence-electron chi connectivity index (χ1n) is 6.72. The van der Waals surface area contributed by atoms with Gasteiger partial charge in [0.1, 0.15) is 5.69 Å². The van der Waals surface area contributed by atoms with Gasteiger partial charge in [-0.2, -0.15) is 0 Å². The Hall–Kier alpha value is -1.99. The highest BCUT2D eigenvalue weighted by Crippen LogP contribution is 2.27. The minimum atomic E-state index is -0.638. The number of nitrogens with one attached hydrogen (secondary N) is 1. The lowest BCUT2D eigenvalue weighted by Crippen LogP contribution is -2.28. The van der Waals surface area contributed by atoms with Crippen LogP contribution in [0.5, 0.6) is 0 Å². The van der Waals surface area contributed by atoms with Crippen molar-refractivity contribution in [1.29, 1.82) is 0 Å². The zero-order valence-corrected chi connectivity index (χ0v) is 12.0. The van der Waals surface area contributed by atoms with Crippen LogP contribution in [0.15, 0.2) is 18.2 Å².